The predicted molar refractivity (Wildman–Crippen MR) is 138 cm³/mol. The van der Waals surface area contributed by atoms with E-state index in [1.807, 2.05) is 49.4 Å². The first-order chi connectivity index (χ1) is 16.5. The van der Waals surface area contributed by atoms with Crippen LogP contribution in [0.25, 0.3) is 6.08 Å². The number of esters is 1. The van der Waals surface area contributed by atoms with Gasteiger partial charge < -0.3 is 25.4 Å². The number of carbonyl (C=O) groups is 1. The van der Waals surface area contributed by atoms with Crippen molar-refractivity contribution in [3.63, 3.8) is 0 Å². The van der Waals surface area contributed by atoms with E-state index in [-0.39, 0.29) is 17.9 Å². The Bertz CT molecular complexity index is 953. The van der Waals surface area contributed by atoms with Gasteiger partial charge in [-0.15, -0.1) is 0 Å². The molecule has 0 saturated carbocycles. The zero-order valence-electron chi connectivity index (χ0n) is 20.0. The summed E-state index contributed by atoms with van der Waals surface area (Å²) in [4.78, 5) is 14.0. The lowest BCUT2D eigenvalue weighted by Crippen LogP contribution is -2.34. The minimum Gasteiger partial charge on any atom is -0.490 e. The second-order valence-corrected chi connectivity index (χ2v) is 8.36. The van der Waals surface area contributed by atoms with Gasteiger partial charge in [0.1, 0.15) is 17.7 Å². The number of piperidine rings is 1. The Kier molecular flexibility index (Phi) is 9.98. The summed E-state index contributed by atoms with van der Waals surface area (Å²) in [5.74, 6) is 0.783. The molecule has 182 valence electrons. The Balaban J connectivity index is 1.65. The van der Waals surface area contributed by atoms with Crippen molar-refractivity contribution < 1.29 is 14.3 Å². The van der Waals surface area contributed by atoms with Crippen LogP contribution in [-0.4, -0.2) is 50.7 Å². The number of nitrogens with two attached hydrogens (primary N) is 1. The summed E-state index contributed by atoms with van der Waals surface area (Å²) in [6.45, 7) is 5.64. The lowest BCUT2D eigenvalue weighted by molar-refractivity contribution is -0.143. The van der Waals surface area contributed by atoms with Crippen molar-refractivity contribution in [2.75, 3.05) is 37.7 Å². The molecule has 0 spiro atoms. The third kappa shape index (κ3) is 8.23. The average molecular weight is 465 g/mol. The van der Waals surface area contributed by atoms with Gasteiger partial charge in [-0.3, -0.25) is 10.2 Å². The molecule has 1 saturated heterocycles. The van der Waals surface area contributed by atoms with Crippen molar-refractivity contribution in [1.82, 2.24) is 5.32 Å². The predicted octanol–water partition coefficient (Wildman–Crippen LogP) is 3.96. The van der Waals surface area contributed by atoms with E-state index >= 15 is 0 Å². The summed E-state index contributed by atoms with van der Waals surface area (Å²) in [5, 5.41) is 11.0. The molecule has 1 fully saturated rings. The lowest BCUT2D eigenvalue weighted by atomic mass is 10.1. The Morgan fingerprint density at radius 1 is 1.21 bits per heavy atom. The lowest BCUT2D eigenvalue weighted by Gasteiger charge is -2.25. The first kappa shape index (κ1) is 25.3. The molecule has 7 heteroatoms. The molecule has 4 N–H and O–H groups in total. The van der Waals surface area contributed by atoms with E-state index < -0.39 is 0 Å². The minimum atomic E-state index is -0.162. The highest BCUT2D eigenvalue weighted by molar-refractivity contribution is 5.95. The summed E-state index contributed by atoms with van der Waals surface area (Å²) in [6, 6.07) is 15.8. The van der Waals surface area contributed by atoms with Gasteiger partial charge in [-0.05, 0) is 75.2 Å². The molecule has 0 bridgehead atoms. The summed E-state index contributed by atoms with van der Waals surface area (Å²) < 4.78 is 11.2. The normalized spacial score (nSPS) is 14.1. The van der Waals surface area contributed by atoms with Gasteiger partial charge in [0.25, 0.3) is 0 Å². The fourth-order valence-corrected chi connectivity index (χ4v) is 3.94. The number of carbonyl (C=O) groups excluding carboxylic acids is 1. The van der Waals surface area contributed by atoms with Gasteiger partial charge in [0, 0.05) is 30.8 Å². The van der Waals surface area contributed by atoms with E-state index in [1.54, 1.807) is 0 Å². The molecule has 1 aliphatic rings. The highest BCUT2D eigenvalue weighted by atomic mass is 16.5. The van der Waals surface area contributed by atoms with Gasteiger partial charge in [0.15, 0.2) is 0 Å². The Hall–Kier alpha value is -3.32. The molecule has 0 aliphatic carbocycles. The number of nitrogens with one attached hydrogen (secondary N) is 2. The largest absolute Gasteiger partial charge is 0.490 e. The fourth-order valence-electron chi connectivity index (χ4n) is 3.94. The molecule has 7 nitrogen and oxygen atoms in total. The standard InChI is InChI=1S/C27H36N4O3/c1-2-33-26(32)9-5-19-31(18-4-7-21-6-3-8-22(20-21)27(28)29)23-10-12-24(13-11-23)34-25-14-16-30-17-15-25/h3-4,6-8,10-13,20,25,30H,2,5,9,14-19H2,1H3,(H3,28,29)/b7-4+. The number of hydrogen-bond acceptors (Lipinski definition) is 6. The second kappa shape index (κ2) is 13.4. The molecule has 0 aromatic heterocycles. The number of ether oxygens (including phenoxy) is 2. The molecule has 3 rings (SSSR count). The number of benzene rings is 2. The van der Waals surface area contributed by atoms with Crippen LogP contribution in [0.4, 0.5) is 5.69 Å². The molecule has 2 aromatic carbocycles. The van der Waals surface area contributed by atoms with E-state index in [0.29, 0.717) is 31.6 Å². The van der Waals surface area contributed by atoms with Gasteiger partial charge in [-0.25, -0.2) is 0 Å². The molecule has 0 amide bonds. The van der Waals surface area contributed by atoms with Crippen molar-refractivity contribution in [3.05, 3.63) is 65.7 Å². The number of nitrogens with zero attached hydrogens (tertiary/aromatic N) is 1. The van der Waals surface area contributed by atoms with Gasteiger partial charge in [-0.1, -0.05) is 30.4 Å². The summed E-state index contributed by atoms with van der Waals surface area (Å²) in [6.07, 6.45) is 7.53. The molecule has 0 atom stereocenters. The SMILES string of the molecule is CCOC(=O)CCCN(C/C=C/c1cccc(C(=N)N)c1)c1ccc(OC2CCNCC2)cc1. The molecular weight excluding hydrogens is 428 g/mol. The maximum atomic E-state index is 11.8. The Labute approximate surface area is 202 Å². The Morgan fingerprint density at radius 2 is 1.97 bits per heavy atom. The monoisotopic (exact) mass is 464 g/mol. The highest BCUT2D eigenvalue weighted by Crippen LogP contribution is 2.23. The Morgan fingerprint density at radius 3 is 2.68 bits per heavy atom. The summed E-state index contributed by atoms with van der Waals surface area (Å²) in [7, 11) is 0. The van der Waals surface area contributed by atoms with Gasteiger partial charge in [-0.2, -0.15) is 0 Å². The van der Waals surface area contributed by atoms with Gasteiger partial charge in [0.05, 0.1) is 6.61 Å². The molecule has 1 heterocycles. The molecule has 1 aliphatic heterocycles. The van der Waals surface area contributed by atoms with Gasteiger partial charge in [0.2, 0.25) is 0 Å². The molecule has 0 radical (unpaired) electrons. The van der Waals surface area contributed by atoms with Crippen LogP contribution in [0.5, 0.6) is 5.75 Å². The van der Waals surface area contributed by atoms with E-state index in [2.05, 4.69) is 28.4 Å². The molecule has 0 unspecified atom stereocenters. The van der Waals surface area contributed by atoms with E-state index in [9.17, 15) is 4.79 Å². The zero-order valence-corrected chi connectivity index (χ0v) is 20.0. The quantitative estimate of drug-likeness (QED) is 0.250. The van der Waals surface area contributed by atoms with Crippen molar-refractivity contribution in [1.29, 1.82) is 5.41 Å². The van der Waals surface area contributed by atoms with Crippen molar-refractivity contribution in [2.45, 2.75) is 38.7 Å². The van der Waals surface area contributed by atoms with Crippen LogP contribution < -0.4 is 20.7 Å². The number of anilines is 1. The minimum absolute atomic E-state index is 0.0580. The van der Waals surface area contributed by atoms with Crippen LogP contribution >= 0.6 is 0 Å². The molecule has 2 aromatic rings. The van der Waals surface area contributed by atoms with Crippen molar-refractivity contribution >= 4 is 23.6 Å². The fraction of sp³-hybridized carbons (Fsp3) is 0.407. The number of nitrogen functional groups attached to an aromatic ring is 1. The van der Waals surface area contributed by atoms with Crippen LogP contribution in [0.3, 0.4) is 0 Å². The van der Waals surface area contributed by atoms with Crippen LogP contribution in [0, 0.1) is 5.41 Å². The average Bonchev–Trinajstić information content (AvgIpc) is 2.85. The van der Waals surface area contributed by atoms with Gasteiger partial charge >= 0.3 is 5.97 Å². The van der Waals surface area contributed by atoms with Crippen LogP contribution in [0.2, 0.25) is 0 Å². The number of amidine groups is 1. The van der Waals surface area contributed by atoms with E-state index in [4.69, 9.17) is 20.6 Å². The molecular formula is C27H36N4O3. The number of hydrogen-bond donors (Lipinski definition) is 3. The smallest absolute Gasteiger partial charge is 0.305 e. The van der Waals surface area contributed by atoms with E-state index in [1.165, 1.54) is 0 Å². The zero-order chi connectivity index (χ0) is 24.2. The maximum Gasteiger partial charge on any atom is 0.305 e. The summed E-state index contributed by atoms with van der Waals surface area (Å²) >= 11 is 0. The number of rotatable bonds is 12. The first-order valence-corrected chi connectivity index (χ1v) is 12.0. The maximum absolute atomic E-state index is 11.8. The van der Waals surface area contributed by atoms with Crippen molar-refractivity contribution in [2.24, 2.45) is 5.73 Å². The van der Waals surface area contributed by atoms with Crippen LogP contribution in [0.15, 0.2) is 54.6 Å². The van der Waals surface area contributed by atoms with Crippen molar-refractivity contribution in [3.8, 4) is 5.75 Å². The topological polar surface area (TPSA) is 101 Å². The second-order valence-electron chi connectivity index (χ2n) is 8.36. The first-order valence-electron chi connectivity index (χ1n) is 12.0. The third-order valence-electron chi connectivity index (χ3n) is 5.74. The molecule has 34 heavy (non-hydrogen) atoms. The van der Waals surface area contributed by atoms with Crippen LogP contribution in [-0.2, 0) is 9.53 Å². The summed E-state index contributed by atoms with van der Waals surface area (Å²) in [5.41, 5.74) is 8.38. The van der Waals surface area contributed by atoms with E-state index in [0.717, 1.165) is 49.5 Å². The third-order valence-corrected chi connectivity index (χ3v) is 5.74. The van der Waals surface area contributed by atoms with Crippen LogP contribution in [0.1, 0.15) is 43.7 Å². The highest BCUT2D eigenvalue weighted by Gasteiger charge is 2.15.